The summed E-state index contributed by atoms with van der Waals surface area (Å²) in [4.78, 5) is 22.4. The van der Waals surface area contributed by atoms with E-state index in [4.69, 9.17) is 0 Å². The van der Waals surface area contributed by atoms with Gasteiger partial charge in [0.1, 0.15) is 11.5 Å². The zero-order valence-corrected chi connectivity index (χ0v) is 15.6. The molecular weight excluding hydrogens is 314 g/mol. The molecule has 2 rings (SSSR count). The van der Waals surface area contributed by atoms with Gasteiger partial charge in [-0.15, -0.1) is 0 Å². The van der Waals surface area contributed by atoms with E-state index in [0.717, 1.165) is 12.2 Å². The molecule has 0 spiro atoms. The minimum absolute atomic E-state index is 0.125. The summed E-state index contributed by atoms with van der Waals surface area (Å²) in [5, 5.41) is 6.01. The van der Waals surface area contributed by atoms with Crippen molar-refractivity contribution in [3.8, 4) is 0 Å². The number of carbonyl (C=O) groups excluding carboxylic acids is 1. The van der Waals surface area contributed by atoms with Gasteiger partial charge in [-0.1, -0.05) is 32.9 Å². The van der Waals surface area contributed by atoms with Gasteiger partial charge in [0.2, 0.25) is 0 Å². The predicted molar refractivity (Wildman–Crippen MR) is 101 cm³/mol. The first-order chi connectivity index (χ1) is 11.8. The Bertz CT molecular complexity index is 687. The van der Waals surface area contributed by atoms with Crippen LogP contribution in [0.4, 0.5) is 11.5 Å². The van der Waals surface area contributed by atoms with Gasteiger partial charge in [0.05, 0.1) is 12.4 Å². The highest BCUT2D eigenvalue weighted by Gasteiger charge is 2.13. The van der Waals surface area contributed by atoms with Crippen LogP contribution in [0.1, 0.15) is 36.8 Å². The fourth-order valence-corrected chi connectivity index (χ4v) is 2.19. The van der Waals surface area contributed by atoms with E-state index in [1.165, 1.54) is 11.8 Å². The minimum Gasteiger partial charge on any atom is -0.349 e. The summed E-state index contributed by atoms with van der Waals surface area (Å²) in [6.45, 7) is 7.91. The van der Waals surface area contributed by atoms with Crippen molar-refractivity contribution >= 4 is 17.4 Å². The normalized spacial score (nSPS) is 11.4. The van der Waals surface area contributed by atoms with E-state index in [1.807, 2.05) is 31.1 Å². The van der Waals surface area contributed by atoms with Crippen LogP contribution in [0.15, 0.2) is 36.7 Å². The molecule has 0 unspecified atom stereocenters. The summed E-state index contributed by atoms with van der Waals surface area (Å²) in [6.07, 6.45) is 3.05. The van der Waals surface area contributed by atoms with Crippen molar-refractivity contribution in [2.45, 2.75) is 26.2 Å². The van der Waals surface area contributed by atoms with E-state index >= 15 is 0 Å². The van der Waals surface area contributed by atoms with Gasteiger partial charge in [0.15, 0.2) is 0 Å². The number of hydrogen-bond donors (Lipinski definition) is 2. The number of likely N-dealkylation sites (N-methyl/N-ethyl adjacent to an activating group) is 1. The van der Waals surface area contributed by atoms with E-state index in [9.17, 15) is 4.79 Å². The molecule has 0 aliphatic rings. The molecule has 0 saturated heterocycles. The Hall–Kier alpha value is -2.47. The van der Waals surface area contributed by atoms with E-state index in [1.54, 1.807) is 6.20 Å². The SMILES string of the molecule is CN(C)CCNC(=O)c1cnc(Nc2ccc(C(C)(C)C)cc2)cn1. The largest absolute Gasteiger partial charge is 0.349 e. The number of nitrogens with one attached hydrogen (secondary N) is 2. The summed E-state index contributed by atoms with van der Waals surface area (Å²) in [6, 6.07) is 8.24. The van der Waals surface area contributed by atoms with Crippen LogP contribution >= 0.6 is 0 Å². The van der Waals surface area contributed by atoms with Crippen LogP contribution in [0, 0.1) is 0 Å². The van der Waals surface area contributed by atoms with E-state index in [2.05, 4.69) is 53.5 Å². The summed E-state index contributed by atoms with van der Waals surface area (Å²) in [5.74, 6) is 0.392. The van der Waals surface area contributed by atoms with Crippen molar-refractivity contribution < 1.29 is 4.79 Å². The first-order valence-electron chi connectivity index (χ1n) is 8.38. The number of nitrogens with zero attached hydrogens (tertiary/aromatic N) is 3. The lowest BCUT2D eigenvalue weighted by Gasteiger charge is -2.19. The quantitative estimate of drug-likeness (QED) is 0.845. The van der Waals surface area contributed by atoms with Crippen LogP contribution in [0.3, 0.4) is 0 Å². The number of amides is 1. The lowest BCUT2D eigenvalue weighted by Crippen LogP contribution is -2.31. The fraction of sp³-hybridized carbons (Fsp3) is 0.421. The minimum atomic E-state index is -0.213. The van der Waals surface area contributed by atoms with E-state index < -0.39 is 0 Å². The van der Waals surface area contributed by atoms with Gasteiger partial charge in [-0.2, -0.15) is 0 Å². The highest BCUT2D eigenvalue weighted by atomic mass is 16.1. The van der Waals surface area contributed by atoms with Crippen LogP contribution in [-0.2, 0) is 5.41 Å². The van der Waals surface area contributed by atoms with Crippen molar-refractivity contribution in [1.29, 1.82) is 0 Å². The first-order valence-corrected chi connectivity index (χ1v) is 8.38. The summed E-state index contributed by atoms with van der Waals surface area (Å²) >= 11 is 0. The molecule has 2 aromatic rings. The average molecular weight is 341 g/mol. The second-order valence-corrected chi connectivity index (χ2v) is 7.30. The Kier molecular flexibility index (Phi) is 6.09. The maximum absolute atomic E-state index is 12.0. The lowest BCUT2D eigenvalue weighted by molar-refractivity contribution is 0.0945. The van der Waals surface area contributed by atoms with Gasteiger partial charge >= 0.3 is 0 Å². The van der Waals surface area contributed by atoms with Crippen molar-refractivity contribution in [3.05, 3.63) is 47.9 Å². The molecule has 1 aromatic heterocycles. The van der Waals surface area contributed by atoms with Gasteiger partial charge < -0.3 is 15.5 Å². The van der Waals surface area contributed by atoms with Crippen LogP contribution in [-0.4, -0.2) is 48.0 Å². The van der Waals surface area contributed by atoms with Gasteiger partial charge in [-0.25, -0.2) is 9.97 Å². The number of anilines is 2. The Balaban J connectivity index is 1.95. The predicted octanol–water partition coefficient (Wildman–Crippen LogP) is 2.81. The Morgan fingerprint density at radius 3 is 2.28 bits per heavy atom. The third-order valence-electron chi connectivity index (χ3n) is 3.75. The fourth-order valence-electron chi connectivity index (χ4n) is 2.19. The molecule has 134 valence electrons. The maximum Gasteiger partial charge on any atom is 0.271 e. The molecule has 6 heteroatoms. The zero-order chi connectivity index (χ0) is 18.4. The van der Waals surface area contributed by atoms with E-state index in [0.29, 0.717) is 18.1 Å². The molecular formula is C19H27N5O. The molecule has 0 atom stereocenters. The lowest BCUT2D eigenvalue weighted by atomic mass is 9.87. The molecule has 2 N–H and O–H groups in total. The number of aromatic nitrogens is 2. The highest BCUT2D eigenvalue weighted by molar-refractivity contribution is 5.92. The summed E-state index contributed by atoms with van der Waals surface area (Å²) < 4.78 is 0. The van der Waals surface area contributed by atoms with Crippen molar-refractivity contribution in [2.75, 3.05) is 32.5 Å². The molecule has 0 bridgehead atoms. The highest BCUT2D eigenvalue weighted by Crippen LogP contribution is 2.24. The smallest absolute Gasteiger partial charge is 0.271 e. The molecule has 0 aliphatic heterocycles. The second-order valence-electron chi connectivity index (χ2n) is 7.30. The van der Waals surface area contributed by atoms with E-state index in [-0.39, 0.29) is 11.3 Å². The Labute approximate surface area is 149 Å². The number of carbonyl (C=O) groups is 1. The molecule has 1 amide bonds. The van der Waals surface area contributed by atoms with Gasteiger partial charge in [-0.3, -0.25) is 4.79 Å². The van der Waals surface area contributed by atoms with Gasteiger partial charge in [0.25, 0.3) is 5.91 Å². The summed E-state index contributed by atoms with van der Waals surface area (Å²) in [5.41, 5.74) is 2.65. The number of hydrogen-bond acceptors (Lipinski definition) is 5. The first kappa shape index (κ1) is 18.9. The second kappa shape index (κ2) is 8.07. The molecule has 0 saturated carbocycles. The average Bonchev–Trinajstić information content (AvgIpc) is 2.55. The zero-order valence-electron chi connectivity index (χ0n) is 15.6. The third kappa shape index (κ3) is 5.83. The Morgan fingerprint density at radius 1 is 1.08 bits per heavy atom. The molecule has 0 radical (unpaired) electrons. The van der Waals surface area contributed by atoms with Crippen LogP contribution in [0.5, 0.6) is 0 Å². The van der Waals surface area contributed by atoms with Crippen LogP contribution in [0.25, 0.3) is 0 Å². The molecule has 0 aliphatic carbocycles. The standard InChI is InChI=1S/C19H27N5O/c1-19(2,3)14-6-8-15(9-7-14)23-17-13-21-16(12-22-17)18(25)20-10-11-24(4)5/h6-9,12-13H,10-11H2,1-5H3,(H,20,25)(H,22,23). The third-order valence-corrected chi connectivity index (χ3v) is 3.75. The monoisotopic (exact) mass is 341 g/mol. The number of rotatable bonds is 6. The molecule has 25 heavy (non-hydrogen) atoms. The van der Waals surface area contributed by atoms with Crippen molar-refractivity contribution in [3.63, 3.8) is 0 Å². The molecule has 0 fully saturated rings. The summed E-state index contributed by atoms with van der Waals surface area (Å²) in [7, 11) is 3.92. The van der Waals surface area contributed by atoms with Crippen LogP contribution < -0.4 is 10.6 Å². The molecule has 6 nitrogen and oxygen atoms in total. The molecule has 1 heterocycles. The Morgan fingerprint density at radius 2 is 1.76 bits per heavy atom. The van der Waals surface area contributed by atoms with Gasteiger partial charge in [0, 0.05) is 18.8 Å². The molecule has 1 aromatic carbocycles. The number of benzene rings is 1. The van der Waals surface area contributed by atoms with Crippen molar-refractivity contribution in [2.24, 2.45) is 0 Å². The topological polar surface area (TPSA) is 70.2 Å². The maximum atomic E-state index is 12.0. The van der Waals surface area contributed by atoms with Gasteiger partial charge in [-0.05, 0) is 37.2 Å². The van der Waals surface area contributed by atoms with Crippen molar-refractivity contribution in [1.82, 2.24) is 20.2 Å². The van der Waals surface area contributed by atoms with Crippen LogP contribution in [0.2, 0.25) is 0 Å².